The molecule has 0 amide bonds. The Labute approximate surface area is 137 Å². The number of hydrogen-bond acceptors (Lipinski definition) is 4. The first-order chi connectivity index (χ1) is 10.8. The molecular weight excluding hydrogens is 310 g/mol. The summed E-state index contributed by atoms with van der Waals surface area (Å²) in [5.41, 5.74) is 2.60. The van der Waals surface area contributed by atoms with Crippen molar-refractivity contribution in [1.82, 2.24) is 4.90 Å². The Kier molecular flexibility index (Phi) is 5.16. The van der Waals surface area contributed by atoms with E-state index >= 15 is 0 Å². The average Bonchev–Trinajstić information content (AvgIpc) is 2.54. The number of hydrogen-bond donors (Lipinski definition) is 1. The molecule has 0 heterocycles. The molecule has 2 aromatic carbocycles. The van der Waals surface area contributed by atoms with Gasteiger partial charge in [-0.2, -0.15) is 5.26 Å². The van der Waals surface area contributed by atoms with Gasteiger partial charge in [-0.05, 0) is 49.4 Å². The van der Waals surface area contributed by atoms with Gasteiger partial charge in [0.2, 0.25) is 10.0 Å². The molecule has 5 nitrogen and oxygen atoms in total. The average molecular weight is 329 g/mol. The van der Waals surface area contributed by atoms with Gasteiger partial charge in [-0.25, -0.2) is 13.6 Å². The molecule has 120 valence electrons. The van der Waals surface area contributed by atoms with Gasteiger partial charge in [-0.1, -0.05) is 24.3 Å². The van der Waals surface area contributed by atoms with Crippen LogP contribution in [0.25, 0.3) is 0 Å². The molecule has 0 aromatic heterocycles. The number of primary sulfonamides is 1. The number of sulfonamides is 1. The topological polar surface area (TPSA) is 87.2 Å². The van der Waals surface area contributed by atoms with Crippen LogP contribution in [0.5, 0.6) is 0 Å². The zero-order chi connectivity index (χ0) is 17.0. The highest BCUT2D eigenvalue weighted by Crippen LogP contribution is 2.23. The lowest BCUT2D eigenvalue weighted by molar-refractivity contribution is 0.253. The molecule has 0 saturated heterocycles. The number of nitrogens with zero attached hydrogens (tertiary/aromatic N) is 2. The van der Waals surface area contributed by atoms with Crippen LogP contribution in [0, 0.1) is 11.3 Å². The SMILES string of the molecule is CC(c1cccc(S(N)(=O)=O)c1)N(C)Cc1ccc(C#N)cc1. The molecule has 0 aliphatic rings. The molecule has 2 aromatic rings. The molecule has 0 fully saturated rings. The zero-order valence-corrected chi connectivity index (χ0v) is 13.9. The monoisotopic (exact) mass is 329 g/mol. The van der Waals surface area contributed by atoms with E-state index in [-0.39, 0.29) is 10.9 Å². The highest BCUT2D eigenvalue weighted by atomic mass is 32.2. The second kappa shape index (κ2) is 6.92. The van der Waals surface area contributed by atoms with Crippen molar-refractivity contribution in [2.75, 3.05) is 7.05 Å². The summed E-state index contributed by atoms with van der Waals surface area (Å²) in [4.78, 5) is 2.22. The Morgan fingerprint density at radius 3 is 2.43 bits per heavy atom. The van der Waals surface area contributed by atoms with Crippen LogP contribution in [-0.4, -0.2) is 20.4 Å². The van der Waals surface area contributed by atoms with E-state index in [4.69, 9.17) is 10.4 Å². The predicted octanol–water partition coefficient (Wildman–Crippen LogP) is 2.40. The number of rotatable bonds is 5. The van der Waals surface area contributed by atoms with E-state index in [0.29, 0.717) is 12.1 Å². The summed E-state index contributed by atoms with van der Waals surface area (Å²) in [6, 6.07) is 16.2. The third-order valence-electron chi connectivity index (χ3n) is 3.85. The minimum atomic E-state index is -3.70. The van der Waals surface area contributed by atoms with Crippen LogP contribution in [-0.2, 0) is 16.6 Å². The van der Waals surface area contributed by atoms with Crippen LogP contribution in [0.1, 0.15) is 29.7 Å². The van der Waals surface area contributed by atoms with Gasteiger partial charge in [0.05, 0.1) is 16.5 Å². The third-order valence-corrected chi connectivity index (χ3v) is 4.76. The lowest BCUT2D eigenvalue weighted by Gasteiger charge is -2.25. The quantitative estimate of drug-likeness (QED) is 0.912. The molecule has 6 heteroatoms. The summed E-state index contributed by atoms with van der Waals surface area (Å²) >= 11 is 0. The molecule has 0 bridgehead atoms. The summed E-state index contributed by atoms with van der Waals surface area (Å²) in [5, 5.41) is 14.0. The summed E-state index contributed by atoms with van der Waals surface area (Å²) in [6.45, 7) is 2.69. The first-order valence-electron chi connectivity index (χ1n) is 7.13. The molecule has 0 spiro atoms. The van der Waals surface area contributed by atoms with E-state index in [1.165, 1.54) is 6.07 Å². The lowest BCUT2D eigenvalue weighted by atomic mass is 10.1. The van der Waals surface area contributed by atoms with Crippen molar-refractivity contribution in [3.63, 3.8) is 0 Å². The first kappa shape index (κ1) is 17.2. The molecule has 1 unspecified atom stereocenters. The van der Waals surface area contributed by atoms with Crippen LogP contribution in [0.3, 0.4) is 0 Å². The third kappa shape index (κ3) is 4.39. The van der Waals surface area contributed by atoms with E-state index in [9.17, 15) is 8.42 Å². The number of nitriles is 1. The Bertz CT molecular complexity index is 824. The molecule has 23 heavy (non-hydrogen) atoms. The zero-order valence-electron chi connectivity index (χ0n) is 13.1. The summed E-state index contributed by atoms with van der Waals surface area (Å²) in [5.74, 6) is 0. The fourth-order valence-electron chi connectivity index (χ4n) is 2.32. The fraction of sp³-hybridized carbons (Fsp3) is 0.235. The molecule has 1 atom stereocenters. The van der Waals surface area contributed by atoms with E-state index in [1.807, 2.05) is 32.2 Å². The fourth-order valence-corrected chi connectivity index (χ4v) is 2.88. The number of nitrogens with two attached hydrogens (primary N) is 1. The van der Waals surface area contributed by atoms with Crippen molar-refractivity contribution in [1.29, 1.82) is 5.26 Å². The summed E-state index contributed by atoms with van der Waals surface area (Å²) < 4.78 is 22.9. The molecule has 0 aliphatic heterocycles. The number of benzene rings is 2. The van der Waals surface area contributed by atoms with Gasteiger partial charge in [0.15, 0.2) is 0 Å². The van der Waals surface area contributed by atoms with Gasteiger partial charge >= 0.3 is 0 Å². The van der Waals surface area contributed by atoms with Crippen molar-refractivity contribution in [3.8, 4) is 6.07 Å². The van der Waals surface area contributed by atoms with Crippen molar-refractivity contribution in [2.24, 2.45) is 5.14 Å². The highest BCUT2D eigenvalue weighted by molar-refractivity contribution is 7.89. The van der Waals surface area contributed by atoms with Crippen LogP contribution in [0.4, 0.5) is 0 Å². The second-order valence-corrected chi connectivity index (χ2v) is 7.08. The van der Waals surface area contributed by atoms with Crippen molar-refractivity contribution < 1.29 is 8.42 Å². The van der Waals surface area contributed by atoms with Crippen LogP contribution < -0.4 is 5.14 Å². The van der Waals surface area contributed by atoms with Gasteiger partial charge in [-0.3, -0.25) is 4.90 Å². The largest absolute Gasteiger partial charge is 0.295 e. The Balaban J connectivity index is 2.16. The summed E-state index contributed by atoms with van der Waals surface area (Å²) in [6.07, 6.45) is 0. The molecule has 2 N–H and O–H groups in total. The molecule has 0 aliphatic carbocycles. The minimum absolute atomic E-state index is 0.0207. The van der Waals surface area contributed by atoms with Crippen LogP contribution in [0.2, 0.25) is 0 Å². The summed E-state index contributed by atoms with van der Waals surface area (Å²) in [7, 11) is -1.74. The van der Waals surface area contributed by atoms with Gasteiger partial charge in [0, 0.05) is 12.6 Å². The first-order valence-corrected chi connectivity index (χ1v) is 8.68. The van der Waals surface area contributed by atoms with Gasteiger partial charge in [0.25, 0.3) is 0 Å². The van der Waals surface area contributed by atoms with Gasteiger partial charge in [-0.15, -0.1) is 0 Å². The Hall–Kier alpha value is -2.20. The van der Waals surface area contributed by atoms with Crippen LogP contribution >= 0.6 is 0 Å². The second-order valence-electron chi connectivity index (χ2n) is 5.52. The van der Waals surface area contributed by atoms with E-state index < -0.39 is 10.0 Å². The predicted molar refractivity (Wildman–Crippen MR) is 88.9 cm³/mol. The Morgan fingerprint density at radius 1 is 1.22 bits per heavy atom. The maximum Gasteiger partial charge on any atom is 0.238 e. The van der Waals surface area contributed by atoms with Crippen molar-refractivity contribution in [3.05, 3.63) is 65.2 Å². The van der Waals surface area contributed by atoms with E-state index in [2.05, 4.69) is 11.0 Å². The normalized spacial score (nSPS) is 12.8. The van der Waals surface area contributed by atoms with E-state index in [0.717, 1.165) is 11.1 Å². The molecule has 0 radical (unpaired) electrons. The standard InChI is InChI=1S/C17H19N3O2S/c1-13(16-4-3-5-17(10-16)23(19,21)22)20(2)12-15-8-6-14(11-18)7-9-15/h3-10,13H,12H2,1-2H3,(H2,19,21,22). The van der Waals surface area contributed by atoms with Gasteiger partial charge in [0.1, 0.15) is 0 Å². The Morgan fingerprint density at radius 2 is 1.87 bits per heavy atom. The molecule has 2 rings (SSSR count). The highest BCUT2D eigenvalue weighted by Gasteiger charge is 2.15. The maximum atomic E-state index is 11.5. The van der Waals surface area contributed by atoms with E-state index in [1.54, 1.807) is 24.3 Å². The van der Waals surface area contributed by atoms with Gasteiger partial charge < -0.3 is 0 Å². The van der Waals surface area contributed by atoms with Crippen molar-refractivity contribution >= 4 is 10.0 Å². The maximum absolute atomic E-state index is 11.5. The van der Waals surface area contributed by atoms with Crippen molar-refractivity contribution in [2.45, 2.75) is 24.4 Å². The lowest BCUT2D eigenvalue weighted by Crippen LogP contribution is -2.22. The molecular formula is C17H19N3O2S. The minimum Gasteiger partial charge on any atom is -0.295 e. The van der Waals surface area contributed by atoms with Crippen LogP contribution in [0.15, 0.2) is 53.4 Å². The molecule has 0 saturated carbocycles. The smallest absolute Gasteiger partial charge is 0.238 e.